The van der Waals surface area contributed by atoms with Crippen LogP contribution in [0, 0.1) is 5.92 Å². The molecule has 1 aromatic carbocycles. The quantitative estimate of drug-likeness (QED) is 0.0611. The number of carbonyl (C=O) groups is 8. The molecule has 0 radical (unpaired) electrons. The van der Waals surface area contributed by atoms with Crippen LogP contribution in [0.4, 0.5) is 15.3 Å². The number of benzene rings is 1. The lowest BCUT2D eigenvalue weighted by Crippen LogP contribution is -2.54. The first-order chi connectivity index (χ1) is 24.5. The Labute approximate surface area is 303 Å². The summed E-state index contributed by atoms with van der Waals surface area (Å²) in [5, 5.41) is 24.2. The summed E-state index contributed by atoms with van der Waals surface area (Å²) in [5.74, 6) is -3.94. The topological polar surface area (TPSA) is 267 Å². The molecule has 52 heavy (non-hydrogen) atoms. The predicted octanol–water partition coefficient (Wildman–Crippen LogP) is 0.718. The van der Waals surface area contributed by atoms with Gasteiger partial charge in [-0.1, -0.05) is 32.1 Å². The van der Waals surface area contributed by atoms with Gasteiger partial charge in [0.05, 0.1) is 0 Å². The van der Waals surface area contributed by atoms with Gasteiger partial charge in [0, 0.05) is 39.2 Å². The molecule has 0 aliphatic carbocycles. The van der Waals surface area contributed by atoms with Crippen molar-refractivity contribution in [3.63, 3.8) is 0 Å². The minimum Gasteiger partial charge on any atom is -0.481 e. The predicted molar refractivity (Wildman–Crippen MR) is 190 cm³/mol. The molecule has 0 aliphatic heterocycles. The van der Waals surface area contributed by atoms with Crippen LogP contribution < -0.4 is 37.6 Å². The van der Waals surface area contributed by atoms with Gasteiger partial charge in [-0.25, -0.2) is 9.59 Å². The molecule has 9 N–H and O–H groups in total. The highest BCUT2D eigenvalue weighted by atomic mass is 16.6. The van der Waals surface area contributed by atoms with Crippen molar-refractivity contribution in [3.05, 3.63) is 42.5 Å². The normalized spacial score (nSPS) is 12.9. The van der Waals surface area contributed by atoms with Gasteiger partial charge in [-0.05, 0) is 56.2 Å². The van der Waals surface area contributed by atoms with E-state index >= 15 is 0 Å². The third-order valence-electron chi connectivity index (χ3n) is 7.69. The lowest BCUT2D eigenvalue weighted by Gasteiger charge is -2.27. The SMILES string of the molecule is C=C[C@@H](C(=O)N[C@H](C(=O)NC)C(C)C)N(C)C(=O)OCc1ccc(NC(=O)[C@H](CCCCNC(N)=O)NC(=O)[C@H](C)NC(=O)CCCC(=O)O)cc1. The number of carbonyl (C=O) groups excluding carboxylic acids is 7. The van der Waals surface area contributed by atoms with Gasteiger partial charge >= 0.3 is 18.1 Å². The van der Waals surface area contributed by atoms with E-state index in [1.165, 1.54) is 27.1 Å². The van der Waals surface area contributed by atoms with Gasteiger partial charge in [0.1, 0.15) is 30.8 Å². The van der Waals surface area contributed by atoms with Crippen LogP contribution in [-0.4, -0.2) is 102 Å². The fourth-order valence-electron chi connectivity index (χ4n) is 4.67. The van der Waals surface area contributed by atoms with Crippen molar-refractivity contribution < 1.29 is 48.2 Å². The second-order valence-corrected chi connectivity index (χ2v) is 12.3. The zero-order valence-electron chi connectivity index (χ0n) is 30.3. The summed E-state index contributed by atoms with van der Waals surface area (Å²) in [7, 11) is 2.81. The monoisotopic (exact) mass is 732 g/mol. The Morgan fingerprint density at radius 2 is 1.54 bits per heavy atom. The third-order valence-corrected chi connectivity index (χ3v) is 7.69. The highest BCUT2D eigenvalue weighted by molar-refractivity contribution is 5.98. The number of nitrogens with zero attached hydrogens (tertiary/aromatic N) is 1. The number of nitrogens with two attached hydrogens (primary N) is 1. The largest absolute Gasteiger partial charge is 0.481 e. The number of carboxylic acids is 1. The first-order valence-electron chi connectivity index (χ1n) is 16.8. The van der Waals surface area contributed by atoms with Crippen LogP contribution in [0.5, 0.6) is 0 Å². The number of amides is 8. The lowest BCUT2D eigenvalue weighted by molar-refractivity contribution is -0.137. The molecule has 8 amide bonds. The molecule has 0 fully saturated rings. The number of hydrogen-bond donors (Lipinski definition) is 8. The molecule has 0 spiro atoms. The number of rotatable bonds is 22. The van der Waals surface area contributed by atoms with Crippen molar-refractivity contribution in [1.82, 2.24) is 31.5 Å². The summed E-state index contributed by atoms with van der Waals surface area (Å²) >= 11 is 0. The minimum absolute atomic E-state index is 0.0850. The van der Waals surface area contributed by atoms with E-state index in [1.807, 2.05) is 0 Å². The Morgan fingerprint density at radius 1 is 0.885 bits per heavy atom. The summed E-state index contributed by atoms with van der Waals surface area (Å²) in [5.41, 5.74) is 6.00. The van der Waals surface area contributed by atoms with Gasteiger partial charge in [0.25, 0.3) is 0 Å². The highest BCUT2D eigenvalue weighted by Gasteiger charge is 2.30. The molecule has 0 aliphatic rings. The number of anilines is 1. The summed E-state index contributed by atoms with van der Waals surface area (Å²) in [6.07, 6.45) is 1.33. The molecular formula is C34H52N8O10. The number of carboxylic acid groups (broad SMARTS) is 1. The highest BCUT2D eigenvalue weighted by Crippen LogP contribution is 2.14. The number of hydrogen-bond acceptors (Lipinski definition) is 9. The minimum atomic E-state index is -1.12. The molecule has 0 aromatic heterocycles. The summed E-state index contributed by atoms with van der Waals surface area (Å²) in [4.78, 5) is 98.8. The van der Waals surface area contributed by atoms with Crippen molar-refractivity contribution in [2.75, 3.05) is 26.0 Å². The smallest absolute Gasteiger partial charge is 0.410 e. The molecule has 0 unspecified atom stereocenters. The summed E-state index contributed by atoms with van der Waals surface area (Å²) < 4.78 is 5.36. The number of nitrogens with one attached hydrogen (secondary N) is 6. The number of likely N-dealkylation sites (N-methyl/N-ethyl adjacent to an activating group) is 2. The van der Waals surface area contributed by atoms with Crippen molar-refractivity contribution in [2.45, 2.75) is 90.1 Å². The zero-order valence-corrected chi connectivity index (χ0v) is 30.3. The number of primary amides is 1. The fourth-order valence-corrected chi connectivity index (χ4v) is 4.67. The lowest BCUT2D eigenvalue weighted by atomic mass is 10.0. The molecule has 0 saturated heterocycles. The van der Waals surface area contributed by atoms with Crippen LogP contribution in [0.3, 0.4) is 0 Å². The Bertz CT molecular complexity index is 1420. The van der Waals surface area contributed by atoms with Gasteiger partial charge in [-0.15, -0.1) is 6.58 Å². The molecular weight excluding hydrogens is 680 g/mol. The number of ether oxygens (including phenoxy) is 1. The van der Waals surface area contributed by atoms with Gasteiger partial charge in [-0.2, -0.15) is 0 Å². The maximum absolute atomic E-state index is 13.3. The fraction of sp³-hybridized carbons (Fsp3) is 0.529. The molecule has 0 saturated carbocycles. The number of urea groups is 1. The molecule has 18 nitrogen and oxygen atoms in total. The molecule has 1 aromatic rings. The standard InChI is InChI=1S/C34H52N8O10/c1-7-25(31(48)41-28(20(2)3)32(49)36-5)42(6)34(51)52-19-22-14-16-23(17-15-22)39-30(47)24(11-8-9-18-37-33(35)50)40-29(46)21(4)38-26(43)12-10-13-27(44)45/h7,14-17,20-21,24-25,28H,1,8-13,18-19H2,2-6H3,(H,36,49)(H,38,43)(H,39,47)(H,40,46)(H,41,48)(H,44,45)(H3,35,37,50)/t21-,24-,25-,28-/m0/s1. The Kier molecular flexibility index (Phi) is 19.5. The van der Waals surface area contributed by atoms with Crippen LogP contribution in [0.25, 0.3) is 0 Å². The second-order valence-electron chi connectivity index (χ2n) is 12.3. The average Bonchev–Trinajstić information content (AvgIpc) is 3.08. The molecule has 1 rings (SSSR count). The van der Waals surface area contributed by atoms with E-state index in [9.17, 15) is 38.4 Å². The van der Waals surface area contributed by atoms with Crippen LogP contribution in [-0.2, 0) is 40.1 Å². The van der Waals surface area contributed by atoms with Gasteiger partial charge in [-0.3, -0.25) is 33.7 Å². The molecule has 0 heterocycles. The molecule has 18 heteroatoms. The van der Waals surface area contributed by atoms with Gasteiger partial charge < -0.3 is 47.5 Å². The van der Waals surface area contributed by atoms with E-state index in [2.05, 4.69) is 38.5 Å². The van der Waals surface area contributed by atoms with Crippen LogP contribution >= 0.6 is 0 Å². The first-order valence-corrected chi connectivity index (χ1v) is 16.8. The van der Waals surface area contributed by atoms with E-state index in [0.29, 0.717) is 24.1 Å². The first kappa shape index (κ1) is 44.3. The second kappa shape index (κ2) is 22.9. The molecule has 4 atom stereocenters. The van der Waals surface area contributed by atoms with Crippen LogP contribution in [0.15, 0.2) is 36.9 Å². The van der Waals surface area contributed by atoms with Gasteiger partial charge in [0.15, 0.2) is 0 Å². The van der Waals surface area contributed by atoms with Crippen molar-refractivity contribution in [2.24, 2.45) is 11.7 Å². The van der Waals surface area contributed by atoms with Crippen LogP contribution in [0.2, 0.25) is 0 Å². The maximum atomic E-state index is 13.3. The number of aliphatic carboxylic acids is 1. The molecule has 0 bridgehead atoms. The Hall–Kier alpha value is -5.68. The van der Waals surface area contributed by atoms with E-state index in [4.69, 9.17) is 15.6 Å². The van der Waals surface area contributed by atoms with E-state index in [0.717, 1.165) is 4.90 Å². The number of unbranched alkanes of at least 4 members (excludes halogenated alkanes) is 1. The average molecular weight is 733 g/mol. The maximum Gasteiger partial charge on any atom is 0.410 e. The van der Waals surface area contributed by atoms with Crippen molar-refractivity contribution >= 4 is 53.3 Å². The molecule has 288 valence electrons. The summed E-state index contributed by atoms with van der Waals surface area (Å²) in [6.45, 7) is 8.69. The van der Waals surface area contributed by atoms with E-state index < -0.39 is 65.9 Å². The zero-order chi connectivity index (χ0) is 39.4. The van der Waals surface area contributed by atoms with E-state index in [-0.39, 0.29) is 50.7 Å². The van der Waals surface area contributed by atoms with E-state index in [1.54, 1.807) is 38.1 Å². The van der Waals surface area contributed by atoms with Crippen LogP contribution in [0.1, 0.15) is 64.9 Å². The van der Waals surface area contributed by atoms with Crippen molar-refractivity contribution in [1.29, 1.82) is 0 Å². The Balaban J connectivity index is 2.86. The van der Waals surface area contributed by atoms with Crippen molar-refractivity contribution in [3.8, 4) is 0 Å². The van der Waals surface area contributed by atoms with Gasteiger partial charge in [0.2, 0.25) is 29.5 Å². The Morgan fingerprint density at radius 3 is 2.10 bits per heavy atom. The summed E-state index contributed by atoms with van der Waals surface area (Å²) in [6, 6.07) is 1.66. The third kappa shape index (κ3) is 16.4.